The number of hydrogen-bond acceptors (Lipinski definition) is 3. The number of primary amides is 1. The predicted molar refractivity (Wildman–Crippen MR) is 136 cm³/mol. The van der Waals surface area contributed by atoms with Crippen molar-refractivity contribution in [2.24, 2.45) is 11.1 Å². The van der Waals surface area contributed by atoms with Gasteiger partial charge in [-0.25, -0.2) is 4.68 Å². The third-order valence-electron chi connectivity index (χ3n) is 7.29. The molecule has 5 rings (SSSR count). The number of fused-ring (bicyclic) bond motifs is 1. The van der Waals surface area contributed by atoms with Gasteiger partial charge in [-0.2, -0.15) is 5.10 Å². The fraction of sp³-hybridized carbons (Fsp3) is 0.357. The normalized spacial score (nSPS) is 18.4. The minimum absolute atomic E-state index is 0.280. The summed E-state index contributed by atoms with van der Waals surface area (Å²) in [6.45, 7) is 9.83. The van der Waals surface area contributed by atoms with Crippen molar-refractivity contribution in [3.8, 4) is 5.69 Å². The molecule has 0 aliphatic carbocycles. The molecule has 0 saturated carbocycles. The highest BCUT2D eigenvalue weighted by Gasteiger charge is 2.35. The van der Waals surface area contributed by atoms with E-state index in [9.17, 15) is 4.79 Å². The van der Waals surface area contributed by atoms with Gasteiger partial charge in [-0.05, 0) is 79.7 Å². The predicted octanol–water partition coefficient (Wildman–Crippen LogP) is 4.73. The summed E-state index contributed by atoms with van der Waals surface area (Å²) >= 11 is 0. The highest BCUT2D eigenvalue weighted by molar-refractivity contribution is 5.91. The van der Waals surface area contributed by atoms with Gasteiger partial charge < -0.3 is 15.2 Å². The molecule has 0 unspecified atom stereocenters. The Morgan fingerprint density at radius 3 is 2.56 bits per heavy atom. The molecule has 0 radical (unpaired) electrons. The van der Waals surface area contributed by atoms with Crippen molar-refractivity contribution in [3.05, 3.63) is 83.3 Å². The molecular formula is C28H33N5O. The number of nitrogens with zero attached hydrogens (tertiary/aromatic N) is 4. The van der Waals surface area contributed by atoms with Crippen LogP contribution in [0.3, 0.4) is 0 Å². The third-order valence-corrected chi connectivity index (χ3v) is 7.29. The molecular weight excluding hydrogens is 422 g/mol. The van der Waals surface area contributed by atoms with E-state index in [-0.39, 0.29) is 11.1 Å². The second-order valence-electron chi connectivity index (χ2n) is 10.4. The molecule has 1 aliphatic rings. The van der Waals surface area contributed by atoms with Gasteiger partial charge in [0.2, 0.25) is 0 Å². The number of benzene rings is 2. The Morgan fingerprint density at radius 1 is 1.12 bits per heavy atom. The number of amides is 1. The lowest BCUT2D eigenvalue weighted by Crippen LogP contribution is -2.42. The van der Waals surface area contributed by atoms with E-state index in [4.69, 9.17) is 5.73 Å². The lowest BCUT2D eigenvalue weighted by atomic mass is 9.70. The van der Waals surface area contributed by atoms with Gasteiger partial charge in [-0.1, -0.05) is 38.1 Å². The first-order chi connectivity index (χ1) is 16.2. The van der Waals surface area contributed by atoms with E-state index in [2.05, 4.69) is 84.1 Å². The number of aryl methyl sites for hydroxylation is 1. The number of piperidine rings is 1. The van der Waals surface area contributed by atoms with Gasteiger partial charge in [0.05, 0.1) is 5.69 Å². The minimum Gasteiger partial charge on any atom is -0.364 e. The van der Waals surface area contributed by atoms with Crippen LogP contribution in [0, 0.1) is 12.3 Å². The van der Waals surface area contributed by atoms with E-state index in [0.717, 1.165) is 36.4 Å². The highest BCUT2D eigenvalue weighted by Crippen LogP contribution is 2.41. The van der Waals surface area contributed by atoms with Gasteiger partial charge in [0.1, 0.15) is 0 Å². The van der Waals surface area contributed by atoms with Gasteiger partial charge in [-0.3, -0.25) is 4.79 Å². The molecule has 1 atom stereocenters. The molecule has 3 heterocycles. The summed E-state index contributed by atoms with van der Waals surface area (Å²) in [5.41, 5.74) is 11.7. The van der Waals surface area contributed by atoms with Crippen molar-refractivity contribution in [2.45, 2.75) is 39.7 Å². The third kappa shape index (κ3) is 4.14. The zero-order chi connectivity index (χ0) is 24.0. The van der Waals surface area contributed by atoms with Crippen LogP contribution in [0.25, 0.3) is 16.6 Å². The summed E-state index contributed by atoms with van der Waals surface area (Å²) in [7, 11) is 2.22. The number of carbonyl (C=O) groups excluding carboxylic acids is 1. The second kappa shape index (κ2) is 8.44. The van der Waals surface area contributed by atoms with Gasteiger partial charge in [0.15, 0.2) is 5.69 Å². The first kappa shape index (κ1) is 22.4. The second-order valence-corrected chi connectivity index (χ2v) is 10.4. The first-order valence-electron chi connectivity index (χ1n) is 11.9. The average Bonchev–Trinajstić information content (AvgIpc) is 3.37. The maximum atomic E-state index is 11.5. The van der Waals surface area contributed by atoms with Crippen LogP contribution in [0.4, 0.5) is 0 Å². The Kier molecular flexibility index (Phi) is 5.56. The molecule has 2 aromatic carbocycles. The molecule has 0 bridgehead atoms. The monoisotopic (exact) mass is 455 g/mol. The number of carbonyl (C=O) groups is 1. The molecule has 34 heavy (non-hydrogen) atoms. The molecule has 0 spiro atoms. The minimum atomic E-state index is -0.514. The number of rotatable bonds is 5. The molecule has 4 aromatic rings. The van der Waals surface area contributed by atoms with Gasteiger partial charge in [0, 0.05) is 35.9 Å². The van der Waals surface area contributed by atoms with Crippen LogP contribution >= 0.6 is 0 Å². The summed E-state index contributed by atoms with van der Waals surface area (Å²) < 4.78 is 4.04. The van der Waals surface area contributed by atoms with Crippen molar-refractivity contribution >= 4 is 16.8 Å². The van der Waals surface area contributed by atoms with Crippen LogP contribution in [0.15, 0.2) is 60.8 Å². The van der Waals surface area contributed by atoms with E-state index in [1.165, 1.54) is 23.1 Å². The van der Waals surface area contributed by atoms with Crippen molar-refractivity contribution in [1.82, 2.24) is 19.2 Å². The summed E-state index contributed by atoms with van der Waals surface area (Å²) in [5.74, 6) is 0.0869. The summed E-state index contributed by atoms with van der Waals surface area (Å²) in [5, 5.41) is 5.49. The summed E-state index contributed by atoms with van der Waals surface area (Å²) in [4.78, 5) is 13.9. The Labute approximate surface area is 201 Å². The number of aromatic nitrogens is 3. The van der Waals surface area contributed by atoms with E-state index in [1.54, 1.807) is 10.7 Å². The van der Waals surface area contributed by atoms with Crippen molar-refractivity contribution < 1.29 is 4.79 Å². The fourth-order valence-electron chi connectivity index (χ4n) is 5.61. The van der Waals surface area contributed by atoms with Crippen LogP contribution in [0.1, 0.15) is 53.5 Å². The smallest absolute Gasteiger partial charge is 0.269 e. The lowest BCUT2D eigenvalue weighted by molar-refractivity contribution is 0.0995. The molecule has 1 amide bonds. The topological polar surface area (TPSA) is 69.1 Å². The van der Waals surface area contributed by atoms with Crippen LogP contribution in [0.5, 0.6) is 0 Å². The van der Waals surface area contributed by atoms with Crippen LogP contribution in [-0.4, -0.2) is 45.3 Å². The molecule has 176 valence electrons. The lowest BCUT2D eigenvalue weighted by Gasteiger charge is -2.43. The molecule has 2 N–H and O–H groups in total. The Morgan fingerprint density at radius 2 is 1.88 bits per heavy atom. The van der Waals surface area contributed by atoms with Crippen molar-refractivity contribution in [3.63, 3.8) is 0 Å². The van der Waals surface area contributed by atoms with Crippen molar-refractivity contribution in [2.75, 3.05) is 20.1 Å². The standard InChI is InChI=1S/C28H33N5O/c1-19-15-25(27(29)34)30-33(19)23-9-10-26-22(16-23)11-14-32(26)17-20-5-7-21(8-6-20)24-12-13-31(4)18-28(24,2)3/h5-11,14-16,24H,12-13,17-18H2,1-4H3,(H2,29,34)/t24-/m1/s1. The first-order valence-corrected chi connectivity index (χ1v) is 11.9. The zero-order valence-corrected chi connectivity index (χ0v) is 20.5. The maximum Gasteiger partial charge on any atom is 0.269 e. The molecule has 2 aromatic heterocycles. The largest absolute Gasteiger partial charge is 0.364 e. The van der Waals surface area contributed by atoms with Gasteiger partial charge >= 0.3 is 0 Å². The van der Waals surface area contributed by atoms with E-state index in [1.807, 2.05) is 13.0 Å². The average molecular weight is 456 g/mol. The Bertz CT molecular complexity index is 1350. The maximum absolute atomic E-state index is 11.5. The molecule has 1 fully saturated rings. The highest BCUT2D eigenvalue weighted by atomic mass is 16.1. The Hall–Kier alpha value is -3.38. The van der Waals surface area contributed by atoms with E-state index in [0.29, 0.717) is 5.92 Å². The summed E-state index contributed by atoms with van der Waals surface area (Å²) in [6.07, 6.45) is 3.34. The molecule has 1 saturated heterocycles. The SMILES string of the molecule is Cc1cc(C(N)=O)nn1-c1ccc2c(ccn2Cc2ccc([C@H]3CCN(C)CC3(C)C)cc2)c1. The van der Waals surface area contributed by atoms with Crippen LogP contribution in [0.2, 0.25) is 0 Å². The molecule has 6 nitrogen and oxygen atoms in total. The van der Waals surface area contributed by atoms with Gasteiger partial charge in [-0.15, -0.1) is 0 Å². The van der Waals surface area contributed by atoms with Crippen molar-refractivity contribution in [1.29, 1.82) is 0 Å². The van der Waals surface area contributed by atoms with E-state index >= 15 is 0 Å². The van der Waals surface area contributed by atoms with Crippen LogP contribution in [-0.2, 0) is 6.54 Å². The summed E-state index contributed by atoms with van der Waals surface area (Å²) in [6, 6.07) is 19.3. The molecule has 1 aliphatic heterocycles. The number of nitrogens with two attached hydrogens (primary N) is 1. The number of hydrogen-bond donors (Lipinski definition) is 1. The quantitative estimate of drug-likeness (QED) is 0.473. The zero-order valence-electron chi connectivity index (χ0n) is 20.5. The Balaban J connectivity index is 1.36. The van der Waals surface area contributed by atoms with Crippen LogP contribution < -0.4 is 5.73 Å². The van der Waals surface area contributed by atoms with E-state index < -0.39 is 5.91 Å². The fourth-order valence-corrected chi connectivity index (χ4v) is 5.61. The molecule has 6 heteroatoms. The number of likely N-dealkylation sites (tertiary alicyclic amines) is 1. The van der Waals surface area contributed by atoms with Gasteiger partial charge in [0.25, 0.3) is 5.91 Å².